The largest absolute Gasteiger partial charge is 0.486 e. The highest BCUT2D eigenvalue weighted by Crippen LogP contribution is 2.30. The SMILES string of the molecule is Cc1ccc(S(=O)(=O)N2CCCCCC2)cc1C(=O)NCC1COc2ccccc2O1. The van der Waals surface area contributed by atoms with Gasteiger partial charge in [-0.3, -0.25) is 4.79 Å². The van der Waals surface area contributed by atoms with Crippen LogP contribution in [0.25, 0.3) is 0 Å². The molecule has 1 fully saturated rings. The maximum absolute atomic E-state index is 13.1. The number of carbonyl (C=O) groups is 1. The molecule has 4 rings (SSSR count). The maximum atomic E-state index is 13.1. The number of fused-ring (bicyclic) bond motifs is 1. The first kappa shape index (κ1) is 21.6. The molecule has 0 spiro atoms. The number of benzene rings is 2. The van der Waals surface area contributed by atoms with Crippen LogP contribution in [-0.4, -0.2) is 51.0 Å². The van der Waals surface area contributed by atoms with Gasteiger partial charge in [0.25, 0.3) is 5.91 Å². The van der Waals surface area contributed by atoms with Crippen molar-refractivity contribution >= 4 is 15.9 Å². The first-order valence-electron chi connectivity index (χ1n) is 10.7. The smallest absolute Gasteiger partial charge is 0.251 e. The normalized spacial score (nSPS) is 19.5. The fourth-order valence-corrected chi connectivity index (χ4v) is 5.45. The molecule has 0 radical (unpaired) electrons. The summed E-state index contributed by atoms with van der Waals surface area (Å²) in [7, 11) is -3.62. The molecule has 0 saturated carbocycles. The van der Waals surface area contributed by atoms with Crippen molar-refractivity contribution in [2.75, 3.05) is 26.2 Å². The minimum absolute atomic E-state index is 0.163. The predicted molar refractivity (Wildman–Crippen MR) is 117 cm³/mol. The molecule has 1 unspecified atom stereocenters. The quantitative estimate of drug-likeness (QED) is 0.766. The number of rotatable bonds is 5. The third-order valence-electron chi connectivity index (χ3n) is 5.71. The number of nitrogens with zero attached hydrogens (tertiary/aromatic N) is 1. The summed E-state index contributed by atoms with van der Waals surface area (Å²) in [5, 5.41) is 2.86. The summed E-state index contributed by atoms with van der Waals surface area (Å²) in [6, 6.07) is 12.2. The zero-order chi connectivity index (χ0) is 21.8. The number of nitrogens with one attached hydrogen (secondary N) is 1. The van der Waals surface area contributed by atoms with Crippen molar-refractivity contribution in [2.45, 2.75) is 43.6 Å². The number of ether oxygens (including phenoxy) is 2. The van der Waals surface area contributed by atoms with Gasteiger partial charge in [-0.05, 0) is 49.6 Å². The number of carbonyl (C=O) groups excluding carboxylic acids is 1. The molecular formula is C23H28N2O5S. The molecule has 1 N–H and O–H groups in total. The first-order valence-corrected chi connectivity index (χ1v) is 12.2. The summed E-state index contributed by atoms with van der Waals surface area (Å²) >= 11 is 0. The molecule has 2 heterocycles. The number of aryl methyl sites for hydroxylation is 1. The lowest BCUT2D eigenvalue weighted by Gasteiger charge is -2.26. The Bertz CT molecular complexity index is 1050. The zero-order valence-electron chi connectivity index (χ0n) is 17.7. The van der Waals surface area contributed by atoms with E-state index in [0.29, 0.717) is 36.8 Å². The van der Waals surface area contributed by atoms with E-state index in [0.717, 1.165) is 31.2 Å². The number of hydrogen-bond acceptors (Lipinski definition) is 5. The lowest BCUT2D eigenvalue weighted by molar-refractivity contribution is 0.0789. The molecular weight excluding hydrogens is 416 g/mol. The van der Waals surface area contributed by atoms with Crippen LogP contribution < -0.4 is 14.8 Å². The van der Waals surface area contributed by atoms with Gasteiger partial charge in [0.1, 0.15) is 12.7 Å². The minimum Gasteiger partial charge on any atom is -0.486 e. The van der Waals surface area contributed by atoms with Gasteiger partial charge in [-0.25, -0.2) is 8.42 Å². The van der Waals surface area contributed by atoms with Crippen molar-refractivity contribution in [3.63, 3.8) is 0 Å². The van der Waals surface area contributed by atoms with Crippen molar-refractivity contribution in [1.29, 1.82) is 0 Å². The summed E-state index contributed by atoms with van der Waals surface area (Å²) in [6.45, 7) is 3.44. The second-order valence-electron chi connectivity index (χ2n) is 8.00. The van der Waals surface area contributed by atoms with Crippen LogP contribution >= 0.6 is 0 Å². The van der Waals surface area contributed by atoms with Crippen LogP contribution in [0.2, 0.25) is 0 Å². The fourth-order valence-electron chi connectivity index (χ4n) is 3.90. The molecule has 2 aliphatic heterocycles. The van der Waals surface area contributed by atoms with Crippen LogP contribution in [0.3, 0.4) is 0 Å². The van der Waals surface area contributed by atoms with Crippen LogP contribution in [0.1, 0.15) is 41.6 Å². The van der Waals surface area contributed by atoms with Crippen LogP contribution in [0.4, 0.5) is 0 Å². The highest BCUT2D eigenvalue weighted by Gasteiger charge is 2.27. The highest BCUT2D eigenvalue weighted by atomic mass is 32.2. The van der Waals surface area contributed by atoms with E-state index in [1.165, 1.54) is 10.4 Å². The van der Waals surface area contributed by atoms with Gasteiger partial charge in [0.15, 0.2) is 11.5 Å². The summed E-state index contributed by atoms with van der Waals surface area (Å²) in [5.74, 6) is 1.01. The van der Waals surface area contributed by atoms with Gasteiger partial charge < -0.3 is 14.8 Å². The van der Waals surface area contributed by atoms with E-state index in [-0.39, 0.29) is 23.5 Å². The second-order valence-corrected chi connectivity index (χ2v) is 9.94. The fraction of sp³-hybridized carbons (Fsp3) is 0.435. The topological polar surface area (TPSA) is 84.9 Å². The number of amides is 1. The molecule has 166 valence electrons. The Morgan fingerprint density at radius 3 is 2.52 bits per heavy atom. The van der Waals surface area contributed by atoms with Crippen molar-refractivity contribution in [3.05, 3.63) is 53.6 Å². The van der Waals surface area contributed by atoms with Crippen LogP contribution in [-0.2, 0) is 10.0 Å². The Balaban J connectivity index is 1.45. The van der Waals surface area contributed by atoms with E-state index in [1.807, 2.05) is 24.3 Å². The Morgan fingerprint density at radius 1 is 1.06 bits per heavy atom. The molecule has 7 nitrogen and oxygen atoms in total. The molecule has 31 heavy (non-hydrogen) atoms. The monoisotopic (exact) mass is 444 g/mol. The molecule has 0 bridgehead atoms. The predicted octanol–water partition coefficient (Wildman–Crippen LogP) is 3.13. The highest BCUT2D eigenvalue weighted by molar-refractivity contribution is 7.89. The zero-order valence-corrected chi connectivity index (χ0v) is 18.5. The summed E-state index contributed by atoms with van der Waals surface area (Å²) in [5.41, 5.74) is 1.08. The van der Waals surface area contributed by atoms with Gasteiger partial charge in [0.05, 0.1) is 11.4 Å². The standard InChI is InChI=1S/C23H28N2O5S/c1-17-10-11-19(31(27,28)25-12-6-2-3-7-13-25)14-20(17)23(26)24-15-18-16-29-21-8-4-5-9-22(21)30-18/h4-5,8-11,14,18H,2-3,6-7,12-13,15-16H2,1H3,(H,24,26). The van der Waals surface area contributed by atoms with Crippen LogP contribution in [0, 0.1) is 6.92 Å². The molecule has 2 aromatic carbocycles. The van der Waals surface area contributed by atoms with Crippen LogP contribution in [0.5, 0.6) is 11.5 Å². The van der Waals surface area contributed by atoms with Gasteiger partial charge in [-0.2, -0.15) is 4.31 Å². The Morgan fingerprint density at radius 2 is 1.77 bits per heavy atom. The molecule has 0 aromatic heterocycles. The van der Waals surface area contributed by atoms with Gasteiger partial charge in [0, 0.05) is 18.7 Å². The molecule has 2 aliphatic rings. The first-order chi connectivity index (χ1) is 14.9. The lowest BCUT2D eigenvalue weighted by Crippen LogP contribution is -2.41. The van der Waals surface area contributed by atoms with Crippen molar-refractivity contribution in [1.82, 2.24) is 9.62 Å². The molecule has 8 heteroatoms. The average Bonchev–Trinajstić information content (AvgIpc) is 3.08. The summed E-state index contributed by atoms with van der Waals surface area (Å²) in [6.07, 6.45) is 3.51. The number of sulfonamides is 1. The van der Waals surface area contributed by atoms with Crippen molar-refractivity contribution in [2.24, 2.45) is 0 Å². The van der Waals surface area contributed by atoms with Crippen LogP contribution in [0.15, 0.2) is 47.4 Å². The Kier molecular flexibility index (Phi) is 6.48. The molecule has 0 aliphatic carbocycles. The van der Waals surface area contributed by atoms with Gasteiger partial charge in [-0.1, -0.05) is 31.0 Å². The number of para-hydroxylation sites is 2. The van der Waals surface area contributed by atoms with E-state index in [9.17, 15) is 13.2 Å². The molecule has 2 aromatic rings. The van der Waals surface area contributed by atoms with E-state index in [4.69, 9.17) is 9.47 Å². The third kappa shape index (κ3) is 4.85. The van der Waals surface area contributed by atoms with E-state index in [2.05, 4.69) is 5.32 Å². The Labute approximate surface area is 183 Å². The summed E-state index contributed by atoms with van der Waals surface area (Å²) < 4.78 is 39.3. The van der Waals surface area contributed by atoms with E-state index < -0.39 is 10.0 Å². The molecule has 1 saturated heterocycles. The third-order valence-corrected chi connectivity index (χ3v) is 7.61. The molecule has 1 amide bonds. The van der Waals surface area contributed by atoms with E-state index in [1.54, 1.807) is 19.1 Å². The molecule has 1 atom stereocenters. The maximum Gasteiger partial charge on any atom is 0.251 e. The van der Waals surface area contributed by atoms with Gasteiger partial charge in [0.2, 0.25) is 10.0 Å². The van der Waals surface area contributed by atoms with Gasteiger partial charge >= 0.3 is 0 Å². The summed E-state index contributed by atoms with van der Waals surface area (Å²) in [4.78, 5) is 13.0. The van der Waals surface area contributed by atoms with Gasteiger partial charge in [-0.15, -0.1) is 0 Å². The lowest BCUT2D eigenvalue weighted by atomic mass is 10.1. The van der Waals surface area contributed by atoms with Crippen molar-refractivity contribution < 1.29 is 22.7 Å². The Hall–Kier alpha value is -2.58. The minimum atomic E-state index is -3.62. The van der Waals surface area contributed by atoms with Crippen molar-refractivity contribution in [3.8, 4) is 11.5 Å². The number of hydrogen-bond donors (Lipinski definition) is 1. The average molecular weight is 445 g/mol. The van der Waals surface area contributed by atoms with E-state index >= 15 is 0 Å². The second kappa shape index (κ2) is 9.28.